The molecule has 1 saturated carbocycles. The highest BCUT2D eigenvalue weighted by Crippen LogP contribution is 2.35. The van der Waals surface area contributed by atoms with E-state index >= 15 is 0 Å². The Balaban J connectivity index is 1.99. The van der Waals surface area contributed by atoms with Gasteiger partial charge in [0, 0.05) is 34.5 Å². The Morgan fingerprint density at radius 3 is 2.56 bits per heavy atom. The largest absolute Gasteiger partial charge is 0.381 e. The van der Waals surface area contributed by atoms with Gasteiger partial charge in [-0.05, 0) is 44.1 Å². The monoisotopic (exact) mass is 273 g/mol. The molecule has 4 heteroatoms. The van der Waals surface area contributed by atoms with E-state index in [9.17, 15) is 4.21 Å². The summed E-state index contributed by atoms with van der Waals surface area (Å²) in [6, 6.07) is 0. The summed E-state index contributed by atoms with van der Waals surface area (Å²) in [5, 5.41) is 0.699. The van der Waals surface area contributed by atoms with Gasteiger partial charge in [-0.2, -0.15) is 0 Å². The summed E-state index contributed by atoms with van der Waals surface area (Å²) in [4.78, 5) is 0. The van der Waals surface area contributed by atoms with Gasteiger partial charge in [-0.3, -0.25) is 4.21 Å². The molecule has 2 fully saturated rings. The van der Waals surface area contributed by atoms with Crippen molar-refractivity contribution in [2.24, 2.45) is 17.6 Å². The van der Waals surface area contributed by atoms with Crippen LogP contribution in [0.15, 0.2) is 0 Å². The van der Waals surface area contributed by atoms with Gasteiger partial charge >= 0.3 is 0 Å². The van der Waals surface area contributed by atoms with Gasteiger partial charge < -0.3 is 10.5 Å². The topological polar surface area (TPSA) is 52.3 Å². The number of hydrogen-bond acceptors (Lipinski definition) is 3. The standard InChI is InChI=1S/C14H27NO2S/c1-2-11-3-4-12(10-15)14(9-11)18(16)13-5-7-17-8-6-13/h11-14H,2-10,15H2,1H3. The van der Waals surface area contributed by atoms with Crippen molar-refractivity contribution in [1.29, 1.82) is 0 Å². The molecule has 2 N–H and O–H groups in total. The molecule has 0 bridgehead atoms. The van der Waals surface area contributed by atoms with Gasteiger partial charge in [-0.15, -0.1) is 0 Å². The zero-order valence-corrected chi connectivity index (χ0v) is 12.3. The van der Waals surface area contributed by atoms with Crippen molar-refractivity contribution in [3.63, 3.8) is 0 Å². The Bertz CT molecular complexity index is 279. The molecule has 0 aromatic carbocycles. The second-order valence-corrected chi connectivity index (χ2v) is 7.69. The highest BCUT2D eigenvalue weighted by molar-refractivity contribution is 7.86. The molecule has 18 heavy (non-hydrogen) atoms. The van der Waals surface area contributed by atoms with Crippen LogP contribution < -0.4 is 5.73 Å². The van der Waals surface area contributed by atoms with Crippen molar-refractivity contribution < 1.29 is 8.95 Å². The first-order valence-electron chi connectivity index (χ1n) is 7.43. The molecule has 0 aromatic rings. The average Bonchev–Trinajstić information content (AvgIpc) is 2.46. The first-order valence-corrected chi connectivity index (χ1v) is 8.71. The summed E-state index contributed by atoms with van der Waals surface area (Å²) in [6.45, 7) is 4.53. The molecule has 2 rings (SSSR count). The second-order valence-electron chi connectivity index (χ2n) is 5.76. The fraction of sp³-hybridized carbons (Fsp3) is 1.00. The fourth-order valence-corrected chi connectivity index (χ4v) is 5.59. The number of ether oxygens (including phenoxy) is 1. The highest BCUT2D eigenvalue weighted by atomic mass is 32.2. The van der Waals surface area contributed by atoms with E-state index in [4.69, 9.17) is 10.5 Å². The van der Waals surface area contributed by atoms with Gasteiger partial charge in [0.15, 0.2) is 0 Å². The zero-order chi connectivity index (χ0) is 13.0. The predicted octanol–water partition coefficient (Wildman–Crippen LogP) is 2.07. The summed E-state index contributed by atoms with van der Waals surface area (Å²) in [6.07, 6.45) is 6.74. The molecule has 1 heterocycles. The lowest BCUT2D eigenvalue weighted by atomic mass is 9.80. The third-order valence-electron chi connectivity index (χ3n) is 4.71. The van der Waals surface area contributed by atoms with Crippen molar-refractivity contribution in [3.8, 4) is 0 Å². The molecule has 4 unspecified atom stereocenters. The number of rotatable bonds is 4. The van der Waals surface area contributed by atoms with E-state index in [-0.39, 0.29) is 0 Å². The lowest BCUT2D eigenvalue weighted by Gasteiger charge is -2.37. The van der Waals surface area contributed by atoms with Gasteiger partial charge in [-0.25, -0.2) is 0 Å². The third kappa shape index (κ3) is 3.34. The quantitative estimate of drug-likeness (QED) is 0.853. The lowest BCUT2D eigenvalue weighted by molar-refractivity contribution is 0.0987. The van der Waals surface area contributed by atoms with Crippen LogP contribution in [0.2, 0.25) is 0 Å². The molecular formula is C14H27NO2S. The minimum absolute atomic E-state index is 0.344. The average molecular weight is 273 g/mol. The highest BCUT2D eigenvalue weighted by Gasteiger charge is 2.36. The summed E-state index contributed by atoms with van der Waals surface area (Å²) >= 11 is 0. The molecule has 0 radical (unpaired) electrons. The second kappa shape index (κ2) is 7.01. The maximum Gasteiger partial charge on any atom is 0.0477 e. The first-order chi connectivity index (χ1) is 8.76. The Hall–Kier alpha value is 0.0700. The van der Waals surface area contributed by atoms with Gasteiger partial charge in [0.25, 0.3) is 0 Å². The molecular weight excluding hydrogens is 246 g/mol. The van der Waals surface area contributed by atoms with E-state index in [0.717, 1.165) is 38.4 Å². The molecule has 106 valence electrons. The maximum atomic E-state index is 12.8. The van der Waals surface area contributed by atoms with Crippen LogP contribution in [0.3, 0.4) is 0 Å². The van der Waals surface area contributed by atoms with Gasteiger partial charge in [-0.1, -0.05) is 19.8 Å². The van der Waals surface area contributed by atoms with E-state index in [1.165, 1.54) is 19.3 Å². The fourth-order valence-electron chi connectivity index (χ4n) is 3.35. The maximum absolute atomic E-state index is 12.8. The molecule has 3 nitrogen and oxygen atoms in total. The Labute approximate surface area is 113 Å². The lowest BCUT2D eigenvalue weighted by Crippen LogP contribution is -2.41. The van der Waals surface area contributed by atoms with Crippen molar-refractivity contribution in [3.05, 3.63) is 0 Å². The normalized spacial score (nSPS) is 36.4. The van der Waals surface area contributed by atoms with Gasteiger partial charge in [0.2, 0.25) is 0 Å². The Kier molecular flexibility index (Phi) is 5.64. The van der Waals surface area contributed by atoms with Crippen LogP contribution in [0.25, 0.3) is 0 Å². The van der Waals surface area contributed by atoms with Crippen LogP contribution in [0, 0.1) is 11.8 Å². The van der Waals surface area contributed by atoms with Crippen LogP contribution in [-0.2, 0) is 15.5 Å². The van der Waals surface area contributed by atoms with E-state index in [1.807, 2.05) is 0 Å². The first kappa shape index (κ1) is 14.5. The van der Waals surface area contributed by atoms with Crippen molar-refractivity contribution in [2.75, 3.05) is 19.8 Å². The summed E-state index contributed by atoms with van der Waals surface area (Å²) < 4.78 is 18.2. The van der Waals surface area contributed by atoms with E-state index in [1.54, 1.807) is 0 Å². The SMILES string of the molecule is CCC1CCC(CN)C(S(=O)C2CCOCC2)C1. The zero-order valence-electron chi connectivity index (χ0n) is 11.5. The number of nitrogens with two attached hydrogens (primary N) is 1. The van der Waals surface area contributed by atoms with E-state index < -0.39 is 10.8 Å². The molecule has 1 aliphatic heterocycles. The molecule has 0 amide bonds. The number of hydrogen-bond donors (Lipinski definition) is 1. The minimum atomic E-state index is -0.705. The van der Waals surface area contributed by atoms with Crippen molar-refractivity contribution in [1.82, 2.24) is 0 Å². The van der Waals surface area contributed by atoms with Gasteiger partial charge in [0.05, 0.1) is 0 Å². The van der Waals surface area contributed by atoms with Crippen LogP contribution in [0.4, 0.5) is 0 Å². The van der Waals surface area contributed by atoms with Crippen molar-refractivity contribution >= 4 is 10.8 Å². The smallest absolute Gasteiger partial charge is 0.0477 e. The van der Waals surface area contributed by atoms with Crippen LogP contribution in [-0.4, -0.2) is 34.5 Å². The van der Waals surface area contributed by atoms with Gasteiger partial charge in [0.1, 0.15) is 0 Å². The molecule has 1 saturated heterocycles. The predicted molar refractivity (Wildman–Crippen MR) is 75.9 cm³/mol. The summed E-state index contributed by atoms with van der Waals surface area (Å²) in [5.74, 6) is 1.25. The molecule has 4 atom stereocenters. The molecule has 0 spiro atoms. The molecule has 0 aromatic heterocycles. The minimum Gasteiger partial charge on any atom is -0.381 e. The molecule has 2 aliphatic rings. The summed E-state index contributed by atoms with van der Waals surface area (Å²) in [5.41, 5.74) is 5.89. The van der Waals surface area contributed by atoms with Crippen LogP contribution in [0.5, 0.6) is 0 Å². The van der Waals surface area contributed by atoms with Crippen molar-refractivity contribution in [2.45, 2.75) is 55.9 Å². The summed E-state index contributed by atoms with van der Waals surface area (Å²) in [7, 11) is -0.705. The van der Waals surface area contributed by atoms with E-state index in [2.05, 4.69) is 6.92 Å². The Morgan fingerprint density at radius 2 is 1.94 bits per heavy atom. The third-order valence-corrected chi connectivity index (χ3v) is 7.02. The van der Waals surface area contributed by atoms with Crippen LogP contribution in [0.1, 0.15) is 45.4 Å². The Morgan fingerprint density at radius 1 is 1.22 bits per heavy atom. The van der Waals surface area contributed by atoms with Crippen LogP contribution >= 0.6 is 0 Å². The van der Waals surface area contributed by atoms with E-state index in [0.29, 0.717) is 23.0 Å². The molecule has 1 aliphatic carbocycles.